The molecule has 116 valence electrons. The van der Waals surface area contributed by atoms with Crippen LogP contribution in [0.15, 0.2) is 0 Å². The van der Waals surface area contributed by atoms with Gasteiger partial charge in [0.25, 0.3) is 0 Å². The largest absolute Gasteiger partial charge is 0.444 e. The summed E-state index contributed by atoms with van der Waals surface area (Å²) in [5.41, 5.74) is -0.478. The van der Waals surface area contributed by atoms with E-state index in [-0.39, 0.29) is 12.0 Å². The maximum atomic E-state index is 11.9. The van der Waals surface area contributed by atoms with Crippen molar-refractivity contribution in [2.45, 2.75) is 39.7 Å². The van der Waals surface area contributed by atoms with Gasteiger partial charge in [0, 0.05) is 26.2 Å². The van der Waals surface area contributed by atoms with Crippen molar-refractivity contribution in [2.24, 2.45) is 0 Å². The Labute approximate surface area is 121 Å². The summed E-state index contributed by atoms with van der Waals surface area (Å²) < 4.78 is 5.32. The minimum Gasteiger partial charge on any atom is -0.444 e. The van der Waals surface area contributed by atoms with Crippen LogP contribution in [-0.4, -0.2) is 66.7 Å². The second-order valence-electron chi connectivity index (χ2n) is 6.02. The molecule has 1 aliphatic rings. The quantitative estimate of drug-likeness (QED) is 0.785. The van der Waals surface area contributed by atoms with E-state index in [1.54, 1.807) is 9.80 Å². The van der Waals surface area contributed by atoms with Gasteiger partial charge in [0.2, 0.25) is 5.91 Å². The van der Waals surface area contributed by atoms with Crippen molar-refractivity contribution in [1.29, 1.82) is 0 Å². The predicted octanol–water partition coefficient (Wildman–Crippen LogP) is 1.07. The molecular formula is C14H27N3O3. The van der Waals surface area contributed by atoms with Crippen LogP contribution in [0.2, 0.25) is 0 Å². The molecule has 1 fully saturated rings. The Morgan fingerprint density at radius 1 is 1.10 bits per heavy atom. The van der Waals surface area contributed by atoms with Gasteiger partial charge in [-0.2, -0.15) is 0 Å². The third-order valence-electron chi connectivity index (χ3n) is 2.99. The molecular weight excluding hydrogens is 258 g/mol. The van der Waals surface area contributed by atoms with E-state index in [4.69, 9.17) is 4.74 Å². The molecule has 0 unspecified atom stereocenters. The number of rotatable bonds is 4. The Morgan fingerprint density at radius 3 is 2.15 bits per heavy atom. The summed E-state index contributed by atoms with van der Waals surface area (Å²) in [7, 11) is 0. The Morgan fingerprint density at radius 2 is 1.65 bits per heavy atom. The van der Waals surface area contributed by atoms with Crippen molar-refractivity contribution in [3.05, 3.63) is 0 Å². The van der Waals surface area contributed by atoms with E-state index < -0.39 is 5.60 Å². The van der Waals surface area contributed by atoms with Crippen LogP contribution < -0.4 is 5.32 Å². The zero-order chi connectivity index (χ0) is 15.2. The average molecular weight is 285 g/mol. The number of carbonyl (C=O) groups excluding carboxylic acids is 2. The average Bonchev–Trinajstić information content (AvgIpc) is 2.37. The van der Waals surface area contributed by atoms with Crippen molar-refractivity contribution in [3.8, 4) is 0 Å². The predicted molar refractivity (Wildman–Crippen MR) is 77.5 cm³/mol. The molecule has 1 heterocycles. The summed E-state index contributed by atoms with van der Waals surface area (Å²) in [6.07, 6.45) is 0.716. The molecule has 0 aromatic heterocycles. The fourth-order valence-corrected chi connectivity index (χ4v) is 1.95. The van der Waals surface area contributed by atoms with Crippen LogP contribution in [0.3, 0.4) is 0 Å². The molecule has 0 saturated carbocycles. The zero-order valence-corrected chi connectivity index (χ0v) is 13.1. The fourth-order valence-electron chi connectivity index (χ4n) is 1.95. The second kappa shape index (κ2) is 7.47. The molecule has 0 radical (unpaired) electrons. The molecule has 6 nitrogen and oxygen atoms in total. The lowest BCUT2D eigenvalue weighted by atomic mass is 10.2. The third-order valence-corrected chi connectivity index (χ3v) is 2.99. The molecule has 0 bridgehead atoms. The maximum Gasteiger partial charge on any atom is 0.410 e. The van der Waals surface area contributed by atoms with Gasteiger partial charge in [-0.05, 0) is 33.7 Å². The summed E-state index contributed by atoms with van der Waals surface area (Å²) in [4.78, 5) is 27.3. The number of hydrogen-bond acceptors (Lipinski definition) is 4. The molecule has 0 aliphatic carbocycles. The highest BCUT2D eigenvalue weighted by Crippen LogP contribution is 2.11. The number of nitrogens with one attached hydrogen (secondary N) is 1. The molecule has 1 aliphatic heterocycles. The van der Waals surface area contributed by atoms with Gasteiger partial charge in [-0.25, -0.2) is 4.79 Å². The molecule has 20 heavy (non-hydrogen) atoms. The first kappa shape index (κ1) is 16.8. The first-order valence-corrected chi connectivity index (χ1v) is 7.30. The number of piperazine rings is 1. The Kier molecular flexibility index (Phi) is 6.26. The van der Waals surface area contributed by atoms with Crippen molar-refractivity contribution in [2.75, 3.05) is 39.3 Å². The molecule has 1 rings (SSSR count). The maximum absolute atomic E-state index is 11.9. The van der Waals surface area contributed by atoms with Gasteiger partial charge in [-0.3, -0.25) is 4.79 Å². The minimum absolute atomic E-state index is 0.0993. The Bertz CT molecular complexity index is 331. The summed E-state index contributed by atoms with van der Waals surface area (Å²) in [5, 5.41) is 3.10. The van der Waals surface area contributed by atoms with Gasteiger partial charge >= 0.3 is 6.09 Å². The van der Waals surface area contributed by atoms with E-state index in [1.165, 1.54) is 0 Å². The summed E-state index contributed by atoms with van der Waals surface area (Å²) >= 11 is 0. The number of amides is 2. The number of nitrogens with zero attached hydrogens (tertiary/aromatic N) is 2. The summed E-state index contributed by atoms with van der Waals surface area (Å²) in [6.45, 7) is 11.1. The van der Waals surface area contributed by atoms with Crippen molar-refractivity contribution in [1.82, 2.24) is 15.1 Å². The first-order chi connectivity index (χ1) is 9.33. The highest BCUT2D eigenvalue weighted by Gasteiger charge is 2.27. The van der Waals surface area contributed by atoms with Gasteiger partial charge in [0.05, 0.1) is 6.54 Å². The van der Waals surface area contributed by atoms with Crippen LogP contribution in [0, 0.1) is 0 Å². The SMILES string of the molecule is CCCNCC(=O)N1CCN(C(=O)OC(C)(C)C)CC1. The molecule has 0 aromatic carbocycles. The van der Waals surface area contributed by atoms with E-state index >= 15 is 0 Å². The van der Waals surface area contributed by atoms with Crippen LogP contribution >= 0.6 is 0 Å². The van der Waals surface area contributed by atoms with Crippen LogP contribution in [0.5, 0.6) is 0 Å². The lowest BCUT2D eigenvalue weighted by Gasteiger charge is -2.35. The van der Waals surface area contributed by atoms with E-state index in [9.17, 15) is 9.59 Å². The molecule has 0 spiro atoms. The highest BCUT2D eigenvalue weighted by molar-refractivity contribution is 5.78. The summed E-state index contributed by atoms with van der Waals surface area (Å²) in [6, 6.07) is 0. The van der Waals surface area contributed by atoms with E-state index in [0.717, 1.165) is 13.0 Å². The van der Waals surface area contributed by atoms with Crippen molar-refractivity contribution >= 4 is 12.0 Å². The van der Waals surface area contributed by atoms with E-state index in [2.05, 4.69) is 12.2 Å². The number of ether oxygens (including phenoxy) is 1. The molecule has 2 amide bonds. The van der Waals surface area contributed by atoms with E-state index in [1.807, 2.05) is 20.8 Å². The minimum atomic E-state index is -0.478. The van der Waals surface area contributed by atoms with Gasteiger partial charge in [-0.1, -0.05) is 6.92 Å². The fraction of sp³-hybridized carbons (Fsp3) is 0.857. The van der Waals surface area contributed by atoms with Crippen molar-refractivity contribution < 1.29 is 14.3 Å². The number of hydrogen-bond donors (Lipinski definition) is 1. The molecule has 1 N–H and O–H groups in total. The van der Waals surface area contributed by atoms with Gasteiger partial charge in [-0.15, -0.1) is 0 Å². The second-order valence-corrected chi connectivity index (χ2v) is 6.02. The molecule has 0 atom stereocenters. The van der Waals surface area contributed by atoms with Crippen LogP contribution in [0.4, 0.5) is 4.79 Å². The molecule has 1 saturated heterocycles. The normalized spacial score (nSPS) is 16.2. The lowest BCUT2D eigenvalue weighted by Crippen LogP contribution is -2.53. The van der Waals surface area contributed by atoms with E-state index in [0.29, 0.717) is 32.7 Å². The lowest BCUT2D eigenvalue weighted by molar-refractivity contribution is -0.132. The van der Waals surface area contributed by atoms with Gasteiger partial charge in [0.15, 0.2) is 0 Å². The monoisotopic (exact) mass is 285 g/mol. The van der Waals surface area contributed by atoms with Crippen molar-refractivity contribution in [3.63, 3.8) is 0 Å². The third kappa shape index (κ3) is 5.77. The molecule has 0 aromatic rings. The summed E-state index contributed by atoms with van der Waals surface area (Å²) in [5.74, 6) is 0.0993. The Balaban J connectivity index is 2.32. The smallest absolute Gasteiger partial charge is 0.410 e. The Hall–Kier alpha value is -1.30. The first-order valence-electron chi connectivity index (χ1n) is 7.30. The van der Waals surface area contributed by atoms with Gasteiger partial charge < -0.3 is 19.9 Å². The van der Waals surface area contributed by atoms with Crippen LogP contribution in [0.25, 0.3) is 0 Å². The topological polar surface area (TPSA) is 61.9 Å². The number of carbonyl (C=O) groups is 2. The molecule has 6 heteroatoms. The van der Waals surface area contributed by atoms with Crippen LogP contribution in [-0.2, 0) is 9.53 Å². The van der Waals surface area contributed by atoms with Gasteiger partial charge in [0.1, 0.15) is 5.60 Å². The highest BCUT2D eigenvalue weighted by atomic mass is 16.6. The van der Waals surface area contributed by atoms with Crippen LogP contribution in [0.1, 0.15) is 34.1 Å². The zero-order valence-electron chi connectivity index (χ0n) is 13.1. The standard InChI is InChI=1S/C14H27N3O3/c1-5-6-15-11-12(18)16-7-9-17(10-8-16)13(19)20-14(2,3)4/h15H,5-11H2,1-4H3.